The van der Waals surface area contributed by atoms with Gasteiger partial charge in [-0.15, -0.1) is 0 Å². The second-order valence-corrected chi connectivity index (χ2v) is 9.96. The second-order valence-electron chi connectivity index (χ2n) is 5.53. The zero-order valence-electron chi connectivity index (χ0n) is 10.5. The van der Waals surface area contributed by atoms with Gasteiger partial charge < -0.3 is 10.2 Å². The Hall–Kier alpha value is -0.963. The fourth-order valence-electron chi connectivity index (χ4n) is 2.29. The molecule has 0 saturated carbocycles. The molecule has 1 aliphatic rings. The van der Waals surface area contributed by atoms with Crippen molar-refractivity contribution in [3.05, 3.63) is 23.3 Å². The molecule has 0 heterocycles. The van der Waals surface area contributed by atoms with E-state index in [4.69, 9.17) is 10.2 Å². The lowest BCUT2D eigenvalue weighted by molar-refractivity contribution is 0.538. The van der Waals surface area contributed by atoms with Crippen LogP contribution in [-0.2, 0) is 12.8 Å². The molecule has 0 atom stereocenters. The van der Waals surface area contributed by atoms with Gasteiger partial charge in [0, 0.05) is 5.69 Å². The average Bonchev–Trinajstić information content (AvgIpc) is 2.21. The molecule has 2 rings (SSSR count). The quantitative estimate of drug-likeness (QED) is 0.630. The summed E-state index contributed by atoms with van der Waals surface area (Å²) in [5, 5.41) is 0. The van der Waals surface area contributed by atoms with Gasteiger partial charge in [0.2, 0.25) is 8.32 Å². The van der Waals surface area contributed by atoms with Crippen LogP contribution < -0.4 is 10.2 Å². The zero-order chi connectivity index (χ0) is 11.8. The van der Waals surface area contributed by atoms with E-state index in [1.54, 1.807) is 0 Å². The molecule has 0 radical (unpaired) electrons. The fraction of sp³-hybridized carbons (Fsp3) is 0.538. The summed E-state index contributed by atoms with van der Waals surface area (Å²) in [7, 11) is -1.52. The Balaban J connectivity index is 2.39. The largest absolute Gasteiger partial charge is 0.544 e. The fourth-order valence-corrected chi connectivity index (χ4v) is 3.14. The van der Waals surface area contributed by atoms with Crippen LogP contribution in [0.25, 0.3) is 0 Å². The molecule has 2 nitrogen and oxygen atoms in total. The number of nitrogens with two attached hydrogens (primary N) is 1. The molecule has 3 heteroatoms. The third-order valence-electron chi connectivity index (χ3n) is 2.94. The van der Waals surface area contributed by atoms with Crippen molar-refractivity contribution >= 4 is 14.0 Å². The molecule has 1 aliphatic carbocycles. The highest BCUT2D eigenvalue weighted by atomic mass is 28.4. The van der Waals surface area contributed by atoms with Crippen molar-refractivity contribution in [3.8, 4) is 5.75 Å². The number of hydrogen-bond donors (Lipinski definition) is 1. The van der Waals surface area contributed by atoms with Gasteiger partial charge in [-0.25, -0.2) is 0 Å². The van der Waals surface area contributed by atoms with Crippen LogP contribution in [0.1, 0.15) is 24.0 Å². The predicted molar refractivity (Wildman–Crippen MR) is 71.5 cm³/mol. The van der Waals surface area contributed by atoms with E-state index < -0.39 is 8.32 Å². The topological polar surface area (TPSA) is 35.2 Å². The number of anilines is 1. The first-order valence-electron chi connectivity index (χ1n) is 6.06. The van der Waals surface area contributed by atoms with E-state index >= 15 is 0 Å². The second kappa shape index (κ2) is 4.13. The minimum Gasteiger partial charge on any atom is -0.544 e. The SMILES string of the molecule is C[Si](C)(C)Oc1ccc(N)c2c1CCCC2. The summed E-state index contributed by atoms with van der Waals surface area (Å²) >= 11 is 0. The van der Waals surface area contributed by atoms with Gasteiger partial charge in [0.25, 0.3) is 0 Å². The molecule has 0 bridgehead atoms. The summed E-state index contributed by atoms with van der Waals surface area (Å²) in [4.78, 5) is 0. The normalized spacial score (nSPS) is 15.7. The van der Waals surface area contributed by atoms with Crippen molar-refractivity contribution in [2.24, 2.45) is 0 Å². The van der Waals surface area contributed by atoms with E-state index in [1.807, 2.05) is 6.07 Å². The van der Waals surface area contributed by atoms with Gasteiger partial charge in [-0.3, -0.25) is 0 Å². The zero-order valence-corrected chi connectivity index (χ0v) is 11.5. The maximum absolute atomic E-state index is 6.14. The maximum atomic E-state index is 6.14. The first-order valence-corrected chi connectivity index (χ1v) is 9.47. The van der Waals surface area contributed by atoms with Crippen molar-refractivity contribution in [2.75, 3.05) is 5.73 Å². The highest BCUT2D eigenvalue weighted by Crippen LogP contribution is 2.34. The van der Waals surface area contributed by atoms with Crippen LogP contribution in [0, 0.1) is 0 Å². The number of benzene rings is 1. The van der Waals surface area contributed by atoms with Crippen LogP contribution in [0.2, 0.25) is 19.6 Å². The summed E-state index contributed by atoms with van der Waals surface area (Å²) in [5.74, 6) is 1.09. The summed E-state index contributed by atoms with van der Waals surface area (Å²) in [6.07, 6.45) is 4.76. The van der Waals surface area contributed by atoms with Crippen LogP contribution in [0.4, 0.5) is 5.69 Å². The van der Waals surface area contributed by atoms with Crippen LogP contribution in [0.3, 0.4) is 0 Å². The highest BCUT2D eigenvalue weighted by Gasteiger charge is 2.21. The van der Waals surface area contributed by atoms with Crippen molar-refractivity contribution in [2.45, 2.75) is 45.3 Å². The molecule has 0 saturated heterocycles. The molecule has 0 aliphatic heterocycles. The Kier molecular flexibility index (Phi) is 2.97. The predicted octanol–water partition coefficient (Wildman–Crippen LogP) is 3.36. The molecule has 16 heavy (non-hydrogen) atoms. The first kappa shape index (κ1) is 11.5. The van der Waals surface area contributed by atoms with Crippen LogP contribution >= 0.6 is 0 Å². The highest BCUT2D eigenvalue weighted by molar-refractivity contribution is 6.70. The van der Waals surface area contributed by atoms with E-state index in [1.165, 1.54) is 24.0 Å². The van der Waals surface area contributed by atoms with Crippen molar-refractivity contribution in [1.29, 1.82) is 0 Å². The number of rotatable bonds is 2. The maximum Gasteiger partial charge on any atom is 0.242 e. The molecule has 88 valence electrons. The molecular weight excluding hydrogens is 214 g/mol. The molecule has 0 amide bonds. The molecule has 0 fully saturated rings. The number of hydrogen-bond acceptors (Lipinski definition) is 2. The van der Waals surface area contributed by atoms with Gasteiger partial charge in [0.1, 0.15) is 5.75 Å². The van der Waals surface area contributed by atoms with Gasteiger partial charge in [-0.05, 0) is 68.6 Å². The molecule has 0 spiro atoms. The molecule has 2 N–H and O–H groups in total. The minimum absolute atomic E-state index is 0.942. The van der Waals surface area contributed by atoms with Gasteiger partial charge >= 0.3 is 0 Å². The van der Waals surface area contributed by atoms with Crippen LogP contribution in [0.15, 0.2) is 12.1 Å². The summed E-state index contributed by atoms with van der Waals surface area (Å²) < 4.78 is 6.14. The Morgan fingerprint density at radius 3 is 2.31 bits per heavy atom. The Morgan fingerprint density at radius 1 is 1.06 bits per heavy atom. The lowest BCUT2D eigenvalue weighted by Crippen LogP contribution is -2.30. The lowest BCUT2D eigenvalue weighted by Gasteiger charge is -2.26. The lowest BCUT2D eigenvalue weighted by atomic mass is 9.90. The Labute approximate surface area is 98.9 Å². The number of nitrogen functional groups attached to an aromatic ring is 1. The van der Waals surface area contributed by atoms with Crippen molar-refractivity contribution < 1.29 is 4.43 Å². The Bertz CT molecular complexity index is 396. The van der Waals surface area contributed by atoms with Gasteiger partial charge in [-0.2, -0.15) is 0 Å². The molecule has 0 aromatic heterocycles. The van der Waals surface area contributed by atoms with Gasteiger partial charge in [0.05, 0.1) is 0 Å². The van der Waals surface area contributed by atoms with Crippen LogP contribution in [-0.4, -0.2) is 8.32 Å². The van der Waals surface area contributed by atoms with E-state index in [9.17, 15) is 0 Å². The third-order valence-corrected chi connectivity index (χ3v) is 3.78. The monoisotopic (exact) mass is 235 g/mol. The molecule has 1 aromatic carbocycles. The summed E-state index contributed by atoms with van der Waals surface area (Å²) in [6, 6.07) is 4.05. The summed E-state index contributed by atoms with van der Waals surface area (Å²) in [5.41, 5.74) is 9.68. The van der Waals surface area contributed by atoms with E-state index in [2.05, 4.69) is 25.7 Å². The summed E-state index contributed by atoms with van der Waals surface area (Å²) in [6.45, 7) is 6.66. The molecule has 1 aromatic rings. The van der Waals surface area contributed by atoms with E-state index in [0.717, 1.165) is 24.3 Å². The third kappa shape index (κ3) is 2.40. The first-order chi connectivity index (χ1) is 7.47. The van der Waals surface area contributed by atoms with E-state index in [-0.39, 0.29) is 0 Å². The Morgan fingerprint density at radius 2 is 1.69 bits per heavy atom. The minimum atomic E-state index is -1.52. The molecule has 0 unspecified atom stereocenters. The van der Waals surface area contributed by atoms with Gasteiger partial charge in [0.15, 0.2) is 0 Å². The molecular formula is C13H21NOSi. The van der Waals surface area contributed by atoms with Crippen LogP contribution in [0.5, 0.6) is 5.75 Å². The van der Waals surface area contributed by atoms with Crippen molar-refractivity contribution in [3.63, 3.8) is 0 Å². The van der Waals surface area contributed by atoms with Gasteiger partial charge in [-0.1, -0.05) is 0 Å². The standard InChI is InChI=1S/C13H21NOSi/c1-16(2,3)15-13-9-8-12(14)10-6-4-5-7-11(10)13/h8-9H,4-7,14H2,1-3H3. The smallest absolute Gasteiger partial charge is 0.242 e. The number of fused-ring (bicyclic) bond motifs is 1. The average molecular weight is 235 g/mol. The van der Waals surface area contributed by atoms with E-state index in [0.29, 0.717) is 0 Å². The van der Waals surface area contributed by atoms with Crippen molar-refractivity contribution in [1.82, 2.24) is 0 Å².